The summed E-state index contributed by atoms with van der Waals surface area (Å²) in [6.07, 6.45) is 5.24. The molecule has 0 unspecified atom stereocenters. The summed E-state index contributed by atoms with van der Waals surface area (Å²) >= 11 is 5.92. The first-order valence-corrected chi connectivity index (χ1v) is 7.36. The minimum absolute atomic E-state index is 0.775. The van der Waals surface area contributed by atoms with Gasteiger partial charge >= 0.3 is 0 Å². The number of likely N-dealkylation sites (tertiary alicyclic amines) is 1. The molecule has 0 spiro atoms. The van der Waals surface area contributed by atoms with Crippen molar-refractivity contribution >= 4 is 11.6 Å². The molecule has 0 aromatic heterocycles. The van der Waals surface area contributed by atoms with Crippen molar-refractivity contribution in [3.63, 3.8) is 0 Å². The molecular formula is C15H23ClNO+. The lowest BCUT2D eigenvalue weighted by atomic mass is 10.2. The van der Waals surface area contributed by atoms with Gasteiger partial charge in [0, 0.05) is 17.9 Å². The molecule has 0 aliphatic carbocycles. The number of rotatable bonds is 6. The SMILES string of the molecule is Cc1cc(Cl)ccc1OCCCC[NH+]1CCCC1. The summed E-state index contributed by atoms with van der Waals surface area (Å²) in [6, 6.07) is 5.80. The van der Waals surface area contributed by atoms with Gasteiger partial charge in [-0.05, 0) is 43.5 Å². The third-order valence-corrected chi connectivity index (χ3v) is 3.86. The van der Waals surface area contributed by atoms with Gasteiger partial charge in [0.1, 0.15) is 5.75 Å². The van der Waals surface area contributed by atoms with Gasteiger partial charge < -0.3 is 9.64 Å². The zero-order valence-corrected chi connectivity index (χ0v) is 11.9. The van der Waals surface area contributed by atoms with E-state index in [0.29, 0.717) is 0 Å². The normalized spacial score (nSPS) is 16.1. The molecule has 1 aliphatic heterocycles. The molecule has 1 N–H and O–H groups in total. The van der Waals surface area contributed by atoms with E-state index in [1.165, 1.54) is 38.9 Å². The summed E-state index contributed by atoms with van der Waals surface area (Å²) in [5.74, 6) is 0.966. The van der Waals surface area contributed by atoms with Gasteiger partial charge in [0.2, 0.25) is 0 Å². The lowest BCUT2D eigenvalue weighted by molar-refractivity contribution is -0.887. The predicted molar refractivity (Wildman–Crippen MR) is 75.7 cm³/mol. The van der Waals surface area contributed by atoms with Crippen LogP contribution in [0.2, 0.25) is 5.02 Å². The summed E-state index contributed by atoms with van der Waals surface area (Å²) in [5.41, 5.74) is 1.12. The van der Waals surface area contributed by atoms with Crippen LogP contribution in [0, 0.1) is 6.92 Å². The van der Waals surface area contributed by atoms with E-state index in [0.717, 1.165) is 29.4 Å². The summed E-state index contributed by atoms with van der Waals surface area (Å²) in [5, 5.41) is 0.775. The molecular weight excluding hydrogens is 246 g/mol. The maximum atomic E-state index is 5.92. The number of nitrogens with one attached hydrogen (secondary N) is 1. The molecule has 0 saturated carbocycles. The number of ether oxygens (including phenoxy) is 1. The summed E-state index contributed by atoms with van der Waals surface area (Å²) in [4.78, 5) is 1.78. The molecule has 18 heavy (non-hydrogen) atoms. The van der Waals surface area contributed by atoms with E-state index >= 15 is 0 Å². The molecule has 1 fully saturated rings. The molecule has 2 rings (SSSR count). The molecule has 2 nitrogen and oxygen atoms in total. The lowest BCUT2D eigenvalue weighted by Gasteiger charge is -2.12. The molecule has 1 aromatic carbocycles. The first-order chi connectivity index (χ1) is 8.75. The fourth-order valence-electron chi connectivity index (χ4n) is 2.56. The summed E-state index contributed by atoms with van der Waals surface area (Å²) < 4.78 is 5.79. The number of aryl methyl sites for hydroxylation is 1. The Bertz CT molecular complexity index is 375. The van der Waals surface area contributed by atoms with Gasteiger partial charge in [0.05, 0.1) is 26.2 Å². The van der Waals surface area contributed by atoms with Gasteiger partial charge in [-0.25, -0.2) is 0 Å². The Morgan fingerprint density at radius 2 is 2.00 bits per heavy atom. The number of hydrogen-bond donors (Lipinski definition) is 1. The fraction of sp³-hybridized carbons (Fsp3) is 0.600. The van der Waals surface area contributed by atoms with Crippen LogP contribution < -0.4 is 9.64 Å². The van der Waals surface area contributed by atoms with Crippen molar-refractivity contribution in [3.05, 3.63) is 28.8 Å². The Hall–Kier alpha value is -0.730. The van der Waals surface area contributed by atoms with Crippen molar-refractivity contribution in [3.8, 4) is 5.75 Å². The second kappa shape index (κ2) is 7.01. The number of hydrogen-bond acceptors (Lipinski definition) is 1. The van der Waals surface area contributed by atoms with Gasteiger partial charge in [-0.15, -0.1) is 0 Å². The van der Waals surface area contributed by atoms with Crippen molar-refractivity contribution in [1.29, 1.82) is 0 Å². The Kier molecular flexibility index (Phi) is 5.33. The second-order valence-corrected chi connectivity index (χ2v) is 5.61. The molecule has 1 aromatic rings. The van der Waals surface area contributed by atoms with E-state index < -0.39 is 0 Å². The van der Waals surface area contributed by atoms with Crippen molar-refractivity contribution < 1.29 is 9.64 Å². The topological polar surface area (TPSA) is 13.7 Å². The Labute approximate surface area is 115 Å². The van der Waals surface area contributed by atoms with Gasteiger partial charge in [-0.1, -0.05) is 11.6 Å². The monoisotopic (exact) mass is 268 g/mol. The quantitative estimate of drug-likeness (QED) is 0.783. The van der Waals surface area contributed by atoms with Crippen molar-refractivity contribution in [2.75, 3.05) is 26.2 Å². The second-order valence-electron chi connectivity index (χ2n) is 5.17. The summed E-state index contributed by atoms with van der Waals surface area (Å²) in [6.45, 7) is 6.91. The smallest absolute Gasteiger partial charge is 0.122 e. The highest BCUT2D eigenvalue weighted by Crippen LogP contribution is 2.21. The Balaban J connectivity index is 1.62. The highest BCUT2D eigenvalue weighted by atomic mass is 35.5. The van der Waals surface area contributed by atoms with Gasteiger partial charge in [-0.3, -0.25) is 0 Å². The van der Waals surface area contributed by atoms with Crippen molar-refractivity contribution in [2.45, 2.75) is 32.6 Å². The fourth-order valence-corrected chi connectivity index (χ4v) is 2.79. The number of benzene rings is 1. The maximum absolute atomic E-state index is 5.92. The van der Waals surface area contributed by atoms with E-state index in [1.54, 1.807) is 4.90 Å². The van der Waals surface area contributed by atoms with Crippen LogP contribution in [0.5, 0.6) is 5.75 Å². The van der Waals surface area contributed by atoms with E-state index in [4.69, 9.17) is 16.3 Å². The van der Waals surface area contributed by atoms with E-state index in [9.17, 15) is 0 Å². The molecule has 1 heterocycles. The van der Waals surface area contributed by atoms with Crippen LogP contribution in [0.1, 0.15) is 31.2 Å². The average Bonchev–Trinajstić information content (AvgIpc) is 2.84. The highest BCUT2D eigenvalue weighted by Gasteiger charge is 2.13. The minimum Gasteiger partial charge on any atom is -0.493 e. The van der Waals surface area contributed by atoms with E-state index in [-0.39, 0.29) is 0 Å². The molecule has 0 radical (unpaired) electrons. The molecule has 0 bridgehead atoms. The molecule has 1 saturated heterocycles. The van der Waals surface area contributed by atoms with Crippen LogP contribution in [0.4, 0.5) is 0 Å². The molecule has 0 amide bonds. The third kappa shape index (κ3) is 4.18. The number of halogens is 1. The zero-order valence-electron chi connectivity index (χ0n) is 11.2. The first kappa shape index (κ1) is 13.7. The lowest BCUT2D eigenvalue weighted by Crippen LogP contribution is -3.09. The maximum Gasteiger partial charge on any atom is 0.122 e. The van der Waals surface area contributed by atoms with Gasteiger partial charge in [-0.2, -0.15) is 0 Å². The molecule has 100 valence electrons. The average molecular weight is 269 g/mol. The van der Waals surface area contributed by atoms with Gasteiger partial charge in [0.25, 0.3) is 0 Å². The third-order valence-electron chi connectivity index (χ3n) is 3.63. The van der Waals surface area contributed by atoms with Crippen molar-refractivity contribution in [1.82, 2.24) is 0 Å². The van der Waals surface area contributed by atoms with Gasteiger partial charge in [0.15, 0.2) is 0 Å². The molecule has 0 atom stereocenters. The van der Waals surface area contributed by atoms with E-state index in [2.05, 4.69) is 0 Å². The van der Waals surface area contributed by atoms with E-state index in [1.807, 2.05) is 25.1 Å². The largest absolute Gasteiger partial charge is 0.493 e. The number of quaternary nitrogens is 1. The van der Waals surface area contributed by atoms with Crippen LogP contribution in [0.3, 0.4) is 0 Å². The van der Waals surface area contributed by atoms with Crippen LogP contribution in [0.15, 0.2) is 18.2 Å². The Morgan fingerprint density at radius 3 is 2.72 bits per heavy atom. The standard InChI is InChI=1S/C15H22ClNO/c1-13-12-14(16)6-7-15(13)18-11-5-4-10-17-8-2-3-9-17/h6-7,12H,2-5,8-11H2,1H3/p+1. The van der Waals surface area contributed by atoms with Crippen LogP contribution >= 0.6 is 11.6 Å². The Morgan fingerprint density at radius 1 is 1.22 bits per heavy atom. The van der Waals surface area contributed by atoms with Crippen LogP contribution in [-0.2, 0) is 0 Å². The molecule has 3 heteroatoms. The zero-order chi connectivity index (χ0) is 12.8. The highest BCUT2D eigenvalue weighted by molar-refractivity contribution is 6.30. The predicted octanol–water partition coefficient (Wildman–Crippen LogP) is 2.49. The minimum atomic E-state index is 0.775. The molecule has 1 aliphatic rings. The van der Waals surface area contributed by atoms with Crippen LogP contribution in [0.25, 0.3) is 0 Å². The number of unbranched alkanes of at least 4 members (excludes halogenated alkanes) is 1. The van der Waals surface area contributed by atoms with Crippen LogP contribution in [-0.4, -0.2) is 26.2 Å². The first-order valence-electron chi connectivity index (χ1n) is 6.98. The summed E-state index contributed by atoms with van der Waals surface area (Å²) in [7, 11) is 0. The van der Waals surface area contributed by atoms with Crippen molar-refractivity contribution in [2.24, 2.45) is 0 Å².